The molecule has 2 aliphatic heterocycles. The van der Waals surface area contributed by atoms with Crippen molar-refractivity contribution in [1.29, 1.82) is 0 Å². The number of benzene rings is 1. The lowest BCUT2D eigenvalue weighted by Gasteiger charge is -2.38. The molecule has 25 heavy (non-hydrogen) atoms. The fourth-order valence-electron chi connectivity index (χ4n) is 4.03. The number of hydrogen-bond acceptors (Lipinski definition) is 3. The van der Waals surface area contributed by atoms with Crippen molar-refractivity contribution >= 4 is 18.3 Å². The third-order valence-electron chi connectivity index (χ3n) is 5.50. The third-order valence-corrected chi connectivity index (χ3v) is 5.50. The van der Waals surface area contributed by atoms with Gasteiger partial charge >= 0.3 is 0 Å². The van der Waals surface area contributed by atoms with Crippen LogP contribution in [0.15, 0.2) is 30.3 Å². The summed E-state index contributed by atoms with van der Waals surface area (Å²) in [5.41, 5.74) is 1.14. The van der Waals surface area contributed by atoms with E-state index >= 15 is 0 Å². The van der Waals surface area contributed by atoms with Gasteiger partial charge in [0, 0.05) is 19.7 Å². The number of hydrogen-bond donors (Lipinski definition) is 1. The van der Waals surface area contributed by atoms with Gasteiger partial charge in [0.15, 0.2) is 0 Å². The van der Waals surface area contributed by atoms with Crippen LogP contribution in [-0.4, -0.2) is 44.1 Å². The Bertz CT molecular complexity index is 518. The molecule has 2 saturated heterocycles. The van der Waals surface area contributed by atoms with Gasteiger partial charge in [-0.2, -0.15) is 0 Å². The van der Waals surface area contributed by atoms with Crippen molar-refractivity contribution in [2.24, 2.45) is 11.8 Å². The van der Waals surface area contributed by atoms with Crippen molar-refractivity contribution in [3.05, 3.63) is 35.9 Å². The van der Waals surface area contributed by atoms with Gasteiger partial charge < -0.3 is 15.0 Å². The summed E-state index contributed by atoms with van der Waals surface area (Å²) in [6, 6.07) is 10.2. The molecule has 3 rings (SSSR count). The summed E-state index contributed by atoms with van der Waals surface area (Å²) in [6.07, 6.45) is 5.34. The van der Waals surface area contributed by atoms with Crippen LogP contribution >= 0.6 is 12.4 Å². The number of halogens is 1. The topological polar surface area (TPSA) is 41.6 Å². The van der Waals surface area contributed by atoms with Crippen LogP contribution < -0.4 is 5.32 Å². The molecule has 5 heteroatoms. The van der Waals surface area contributed by atoms with Gasteiger partial charge in [-0.25, -0.2) is 0 Å². The summed E-state index contributed by atoms with van der Waals surface area (Å²) in [4.78, 5) is 15.2. The van der Waals surface area contributed by atoms with Crippen LogP contribution in [-0.2, 0) is 9.53 Å². The molecule has 2 fully saturated rings. The van der Waals surface area contributed by atoms with Crippen molar-refractivity contribution in [2.75, 3.05) is 33.3 Å². The van der Waals surface area contributed by atoms with Crippen LogP contribution in [0, 0.1) is 11.8 Å². The van der Waals surface area contributed by atoms with E-state index in [2.05, 4.69) is 22.3 Å². The average Bonchev–Trinajstić information content (AvgIpc) is 2.67. The zero-order chi connectivity index (χ0) is 16.8. The normalized spacial score (nSPS) is 24.6. The van der Waals surface area contributed by atoms with Gasteiger partial charge in [-0.15, -0.1) is 12.4 Å². The molecule has 140 valence electrons. The van der Waals surface area contributed by atoms with E-state index in [1.165, 1.54) is 6.42 Å². The Balaban J connectivity index is 0.00000225. The molecule has 1 aromatic carbocycles. The first kappa shape index (κ1) is 20.2. The van der Waals surface area contributed by atoms with Crippen molar-refractivity contribution < 1.29 is 9.53 Å². The smallest absolute Gasteiger partial charge is 0.228 e. The number of nitrogens with zero attached hydrogens (tertiary/aromatic N) is 1. The van der Waals surface area contributed by atoms with Crippen LogP contribution in [0.4, 0.5) is 0 Å². The number of likely N-dealkylation sites (tertiary alicyclic amines) is 1. The lowest BCUT2D eigenvalue weighted by molar-refractivity contribution is -0.147. The zero-order valence-electron chi connectivity index (χ0n) is 15.2. The molecule has 0 bridgehead atoms. The zero-order valence-corrected chi connectivity index (χ0v) is 16.0. The summed E-state index contributed by atoms with van der Waals surface area (Å²) in [5, 5.41) is 3.23. The SMILES string of the molecule is CNCCC1CCN(C(=O)C2CCCOC2c2ccccc2)CC1.Cl. The highest BCUT2D eigenvalue weighted by Gasteiger charge is 2.36. The first-order valence-electron chi connectivity index (χ1n) is 9.39. The van der Waals surface area contributed by atoms with E-state index in [9.17, 15) is 4.79 Å². The number of carbonyl (C=O) groups is 1. The van der Waals surface area contributed by atoms with Crippen molar-refractivity contribution in [2.45, 2.75) is 38.2 Å². The van der Waals surface area contributed by atoms with Crippen LogP contribution in [0.5, 0.6) is 0 Å². The molecule has 0 aromatic heterocycles. The molecule has 2 heterocycles. The maximum Gasteiger partial charge on any atom is 0.228 e. The maximum absolute atomic E-state index is 13.1. The lowest BCUT2D eigenvalue weighted by atomic mass is 9.86. The summed E-state index contributed by atoms with van der Waals surface area (Å²) >= 11 is 0. The Morgan fingerprint density at radius 2 is 1.92 bits per heavy atom. The number of nitrogens with one attached hydrogen (secondary N) is 1. The predicted octanol–water partition coefficient (Wildman–Crippen LogP) is 3.42. The molecule has 0 radical (unpaired) electrons. The van der Waals surface area contributed by atoms with Crippen LogP contribution in [0.25, 0.3) is 0 Å². The number of piperidine rings is 1. The van der Waals surface area contributed by atoms with E-state index in [4.69, 9.17) is 4.74 Å². The van der Waals surface area contributed by atoms with Gasteiger partial charge in [0.1, 0.15) is 0 Å². The van der Waals surface area contributed by atoms with Gasteiger partial charge in [-0.1, -0.05) is 30.3 Å². The van der Waals surface area contributed by atoms with E-state index in [0.717, 1.165) is 63.4 Å². The highest BCUT2D eigenvalue weighted by Crippen LogP contribution is 2.35. The van der Waals surface area contributed by atoms with Gasteiger partial charge in [0.25, 0.3) is 0 Å². The number of carbonyl (C=O) groups excluding carboxylic acids is 1. The molecule has 1 amide bonds. The minimum atomic E-state index is -0.0746. The van der Waals surface area contributed by atoms with E-state index in [1.807, 2.05) is 25.2 Å². The molecule has 4 nitrogen and oxygen atoms in total. The highest BCUT2D eigenvalue weighted by molar-refractivity contribution is 5.85. The fraction of sp³-hybridized carbons (Fsp3) is 0.650. The molecule has 1 N–H and O–H groups in total. The molecule has 2 atom stereocenters. The molecule has 0 spiro atoms. The number of rotatable bonds is 5. The molecule has 0 saturated carbocycles. The number of ether oxygens (including phenoxy) is 1. The van der Waals surface area contributed by atoms with Crippen molar-refractivity contribution in [1.82, 2.24) is 10.2 Å². The lowest BCUT2D eigenvalue weighted by Crippen LogP contribution is -2.44. The minimum Gasteiger partial charge on any atom is -0.373 e. The van der Waals surface area contributed by atoms with Crippen LogP contribution in [0.1, 0.15) is 43.8 Å². The maximum atomic E-state index is 13.1. The molecule has 1 aromatic rings. The Labute approximate surface area is 157 Å². The highest BCUT2D eigenvalue weighted by atomic mass is 35.5. The van der Waals surface area contributed by atoms with E-state index in [-0.39, 0.29) is 24.4 Å². The monoisotopic (exact) mass is 366 g/mol. The molecule has 2 unspecified atom stereocenters. The summed E-state index contributed by atoms with van der Waals surface area (Å²) in [7, 11) is 2.01. The fourth-order valence-corrected chi connectivity index (χ4v) is 4.03. The van der Waals surface area contributed by atoms with Gasteiger partial charge in [0.05, 0.1) is 12.0 Å². The van der Waals surface area contributed by atoms with E-state index in [1.54, 1.807) is 0 Å². The first-order valence-corrected chi connectivity index (χ1v) is 9.39. The quantitative estimate of drug-likeness (QED) is 0.868. The van der Waals surface area contributed by atoms with E-state index < -0.39 is 0 Å². The molecule has 0 aliphatic carbocycles. The minimum absolute atomic E-state index is 0. The summed E-state index contributed by atoms with van der Waals surface area (Å²) in [6.45, 7) is 3.65. The van der Waals surface area contributed by atoms with Gasteiger partial charge in [-0.3, -0.25) is 4.79 Å². The van der Waals surface area contributed by atoms with Crippen LogP contribution in [0.3, 0.4) is 0 Å². The molecule has 2 aliphatic rings. The van der Waals surface area contributed by atoms with E-state index in [0.29, 0.717) is 5.91 Å². The Morgan fingerprint density at radius 1 is 1.20 bits per heavy atom. The average molecular weight is 367 g/mol. The molecular weight excluding hydrogens is 336 g/mol. The second-order valence-electron chi connectivity index (χ2n) is 7.11. The van der Waals surface area contributed by atoms with Crippen molar-refractivity contribution in [3.8, 4) is 0 Å². The third kappa shape index (κ3) is 5.19. The number of amides is 1. The largest absolute Gasteiger partial charge is 0.373 e. The Morgan fingerprint density at radius 3 is 2.60 bits per heavy atom. The van der Waals surface area contributed by atoms with Crippen LogP contribution in [0.2, 0.25) is 0 Å². The standard InChI is InChI=1S/C20H30N2O2.ClH/c1-21-12-9-16-10-13-22(14-11-16)20(23)18-8-5-15-24-19(18)17-6-3-2-4-7-17;/h2-4,6-7,16,18-19,21H,5,8-15H2,1H3;1H. The first-order chi connectivity index (χ1) is 11.8. The Kier molecular flexibility index (Phi) is 8.20. The van der Waals surface area contributed by atoms with Gasteiger partial charge in [-0.05, 0) is 57.2 Å². The summed E-state index contributed by atoms with van der Waals surface area (Å²) < 4.78 is 6.01. The summed E-state index contributed by atoms with van der Waals surface area (Å²) in [5.74, 6) is 1.04. The second-order valence-corrected chi connectivity index (χ2v) is 7.11. The molecular formula is C20H31ClN2O2. The predicted molar refractivity (Wildman–Crippen MR) is 103 cm³/mol. The van der Waals surface area contributed by atoms with Gasteiger partial charge in [0.2, 0.25) is 5.91 Å². The second kappa shape index (κ2) is 10.1. The van der Waals surface area contributed by atoms with Crippen molar-refractivity contribution in [3.63, 3.8) is 0 Å². The Hall–Kier alpha value is -1.10.